The number of aryl methyl sites for hydroxylation is 1. The lowest BCUT2D eigenvalue weighted by molar-refractivity contribution is -0.670. The Morgan fingerprint density at radius 2 is 2.00 bits per heavy atom. The number of fused-ring (bicyclic) bond motifs is 3. The summed E-state index contributed by atoms with van der Waals surface area (Å²) in [4.78, 5) is 0. The van der Waals surface area contributed by atoms with E-state index in [4.69, 9.17) is 9.84 Å². The molecule has 2 aromatic carbocycles. The number of halogens is 1. The van der Waals surface area contributed by atoms with E-state index in [2.05, 4.69) is 0 Å². The zero-order chi connectivity index (χ0) is 14.8. The van der Waals surface area contributed by atoms with Crippen molar-refractivity contribution < 1.29 is 18.8 Å². The largest absolute Gasteiger partial charge is 0.497 e. The van der Waals surface area contributed by atoms with Gasteiger partial charge < -0.3 is 9.84 Å². The maximum atomic E-state index is 13.6. The molecular formula is C17H17FNO2+. The lowest BCUT2D eigenvalue weighted by Crippen LogP contribution is -2.34. The maximum Gasteiger partial charge on any atom is 0.213 e. The number of methoxy groups -OCH3 is 1. The fourth-order valence-corrected chi connectivity index (χ4v) is 2.66. The second kappa shape index (κ2) is 5.66. The molecule has 3 aromatic rings. The molecule has 0 aliphatic rings. The monoisotopic (exact) mass is 286 g/mol. The third-order valence-electron chi connectivity index (χ3n) is 3.67. The fraction of sp³-hybridized carbons (Fsp3) is 0.235. The van der Waals surface area contributed by atoms with E-state index >= 15 is 0 Å². The highest BCUT2D eigenvalue weighted by molar-refractivity contribution is 6.04. The van der Waals surface area contributed by atoms with Crippen LogP contribution in [0.15, 0.2) is 42.6 Å². The number of aliphatic hydroxyl groups is 1. The molecule has 0 fully saturated rings. The molecule has 0 aliphatic heterocycles. The van der Waals surface area contributed by atoms with Gasteiger partial charge in [0.05, 0.1) is 17.9 Å². The van der Waals surface area contributed by atoms with Gasteiger partial charge in [-0.05, 0) is 30.3 Å². The Balaban J connectivity index is 2.32. The van der Waals surface area contributed by atoms with Gasteiger partial charge in [-0.1, -0.05) is 0 Å². The highest BCUT2D eigenvalue weighted by atomic mass is 19.1. The van der Waals surface area contributed by atoms with Crippen molar-refractivity contribution in [2.24, 2.45) is 0 Å². The molecule has 0 bridgehead atoms. The molecule has 0 unspecified atom stereocenters. The summed E-state index contributed by atoms with van der Waals surface area (Å²) in [6.07, 6.45) is 2.68. The van der Waals surface area contributed by atoms with Crippen molar-refractivity contribution in [1.29, 1.82) is 0 Å². The second-order valence-corrected chi connectivity index (χ2v) is 5.01. The zero-order valence-electron chi connectivity index (χ0n) is 11.8. The van der Waals surface area contributed by atoms with E-state index in [-0.39, 0.29) is 12.4 Å². The standard InChI is InChI=1S/C17H17FNO2/c1-21-14-4-5-15-12(9-14)11-19(7-2-8-20)17-6-3-13(18)10-16(15)17/h3-6,9-11,20H,2,7-8H2,1H3/q+1. The Bertz CT molecular complexity index is 801. The molecule has 0 aliphatic carbocycles. The van der Waals surface area contributed by atoms with Crippen molar-refractivity contribution in [2.45, 2.75) is 13.0 Å². The summed E-state index contributed by atoms with van der Waals surface area (Å²) in [5, 5.41) is 11.9. The van der Waals surface area contributed by atoms with Gasteiger partial charge in [0.2, 0.25) is 5.52 Å². The minimum absolute atomic E-state index is 0.131. The molecule has 0 saturated carbocycles. The smallest absolute Gasteiger partial charge is 0.213 e. The molecular weight excluding hydrogens is 269 g/mol. The third kappa shape index (κ3) is 2.54. The zero-order valence-corrected chi connectivity index (χ0v) is 11.8. The van der Waals surface area contributed by atoms with Crippen LogP contribution in [0.25, 0.3) is 21.7 Å². The third-order valence-corrected chi connectivity index (χ3v) is 3.67. The maximum absolute atomic E-state index is 13.6. The summed E-state index contributed by atoms with van der Waals surface area (Å²) in [6.45, 7) is 0.817. The van der Waals surface area contributed by atoms with Crippen molar-refractivity contribution in [3.63, 3.8) is 0 Å². The molecule has 0 amide bonds. The van der Waals surface area contributed by atoms with Crippen molar-refractivity contribution in [3.8, 4) is 5.75 Å². The highest BCUT2D eigenvalue weighted by Crippen LogP contribution is 2.26. The first kappa shape index (κ1) is 13.8. The lowest BCUT2D eigenvalue weighted by atomic mass is 10.1. The topological polar surface area (TPSA) is 33.3 Å². The van der Waals surface area contributed by atoms with Gasteiger partial charge in [-0.15, -0.1) is 0 Å². The number of pyridine rings is 1. The number of rotatable bonds is 4. The molecule has 3 rings (SSSR count). The molecule has 21 heavy (non-hydrogen) atoms. The van der Waals surface area contributed by atoms with Crippen molar-refractivity contribution in [2.75, 3.05) is 13.7 Å². The number of aromatic nitrogens is 1. The Morgan fingerprint density at radius 3 is 2.76 bits per heavy atom. The van der Waals surface area contributed by atoms with E-state index < -0.39 is 0 Å². The average Bonchev–Trinajstić information content (AvgIpc) is 2.51. The number of aliphatic hydroxyl groups excluding tert-OH is 1. The Labute approximate surface area is 122 Å². The van der Waals surface area contributed by atoms with E-state index in [1.54, 1.807) is 19.2 Å². The van der Waals surface area contributed by atoms with Gasteiger partial charge in [0.1, 0.15) is 11.6 Å². The van der Waals surface area contributed by atoms with Gasteiger partial charge in [0.25, 0.3) is 0 Å². The van der Waals surface area contributed by atoms with Crippen LogP contribution in [-0.4, -0.2) is 18.8 Å². The van der Waals surface area contributed by atoms with Crippen LogP contribution >= 0.6 is 0 Å². The number of nitrogens with zero attached hydrogens (tertiary/aromatic N) is 1. The van der Waals surface area contributed by atoms with E-state index in [9.17, 15) is 4.39 Å². The number of hydrogen-bond donors (Lipinski definition) is 1. The molecule has 0 radical (unpaired) electrons. The Morgan fingerprint density at radius 1 is 1.14 bits per heavy atom. The van der Waals surface area contributed by atoms with Gasteiger partial charge in [-0.25, -0.2) is 4.39 Å². The predicted molar refractivity (Wildman–Crippen MR) is 79.9 cm³/mol. The molecule has 0 saturated heterocycles. The van der Waals surface area contributed by atoms with Crippen LogP contribution in [0.5, 0.6) is 5.75 Å². The van der Waals surface area contributed by atoms with Crippen molar-refractivity contribution >= 4 is 21.7 Å². The normalized spacial score (nSPS) is 11.2. The van der Waals surface area contributed by atoms with Crippen molar-refractivity contribution in [1.82, 2.24) is 0 Å². The van der Waals surface area contributed by atoms with Crippen LogP contribution in [-0.2, 0) is 6.54 Å². The molecule has 4 heteroatoms. The van der Waals surface area contributed by atoms with Crippen LogP contribution in [0.4, 0.5) is 4.39 Å². The van der Waals surface area contributed by atoms with E-state index in [1.807, 2.05) is 29.0 Å². The van der Waals surface area contributed by atoms with E-state index in [1.165, 1.54) is 6.07 Å². The lowest BCUT2D eigenvalue weighted by Gasteiger charge is -2.07. The summed E-state index contributed by atoms with van der Waals surface area (Å²) in [5.74, 6) is 0.520. The first-order valence-corrected chi connectivity index (χ1v) is 6.93. The van der Waals surface area contributed by atoms with Gasteiger partial charge in [-0.2, -0.15) is 4.57 Å². The van der Waals surface area contributed by atoms with Crippen LogP contribution in [0.3, 0.4) is 0 Å². The van der Waals surface area contributed by atoms with Gasteiger partial charge in [-0.3, -0.25) is 0 Å². The number of hydrogen-bond acceptors (Lipinski definition) is 2. The summed E-state index contributed by atoms with van der Waals surface area (Å²) >= 11 is 0. The molecule has 1 heterocycles. The Kier molecular flexibility index (Phi) is 3.71. The van der Waals surface area contributed by atoms with Gasteiger partial charge in [0, 0.05) is 24.5 Å². The highest BCUT2D eigenvalue weighted by Gasteiger charge is 2.14. The molecule has 1 aromatic heterocycles. The first-order chi connectivity index (χ1) is 10.2. The summed E-state index contributed by atoms with van der Waals surface area (Å²) in [5.41, 5.74) is 0.961. The van der Waals surface area contributed by atoms with Crippen LogP contribution in [0.2, 0.25) is 0 Å². The molecule has 3 nitrogen and oxygen atoms in total. The summed E-state index contributed by atoms with van der Waals surface area (Å²) < 4.78 is 20.9. The van der Waals surface area contributed by atoms with Crippen LogP contribution in [0.1, 0.15) is 6.42 Å². The fourth-order valence-electron chi connectivity index (χ4n) is 2.66. The molecule has 0 spiro atoms. The van der Waals surface area contributed by atoms with E-state index in [0.717, 1.165) is 27.4 Å². The van der Waals surface area contributed by atoms with Crippen molar-refractivity contribution in [3.05, 3.63) is 48.4 Å². The van der Waals surface area contributed by atoms with Gasteiger partial charge >= 0.3 is 0 Å². The summed E-state index contributed by atoms with van der Waals surface area (Å²) in [7, 11) is 1.63. The average molecular weight is 286 g/mol. The number of benzene rings is 2. The van der Waals surface area contributed by atoms with Gasteiger partial charge in [0.15, 0.2) is 12.7 Å². The SMILES string of the molecule is COc1ccc2c(c1)c[n+](CCCO)c1ccc(F)cc21. The van der Waals surface area contributed by atoms with Crippen LogP contribution < -0.4 is 9.30 Å². The van der Waals surface area contributed by atoms with E-state index in [0.29, 0.717) is 13.0 Å². The Hall–Kier alpha value is -2.20. The quantitative estimate of drug-likeness (QED) is 0.591. The second-order valence-electron chi connectivity index (χ2n) is 5.01. The minimum Gasteiger partial charge on any atom is -0.497 e. The minimum atomic E-state index is -0.250. The molecule has 108 valence electrons. The predicted octanol–water partition coefficient (Wildman–Crippen LogP) is 2.81. The van der Waals surface area contributed by atoms with Crippen LogP contribution in [0, 0.1) is 5.82 Å². The first-order valence-electron chi connectivity index (χ1n) is 6.93. The number of ether oxygens (including phenoxy) is 1. The summed E-state index contributed by atoms with van der Waals surface area (Å²) in [6, 6.07) is 10.6. The molecule has 0 atom stereocenters. The molecule has 1 N–H and O–H groups in total.